The van der Waals surface area contributed by atoms with Gasteiger partial charge in [0.15, 0.2) is 17.2 Å². The van der Waals surface area contributed by atoms with Crippen LogP contribution in [0.15, 0.2) is 33.2 Å². The number of ether oxygens (including phenoxy) is 4. The predicted octanol–water partition coefficient (Wildman–Crippen LogP) is -1.16. The highest BCUT2D eigenvalue weighted by molar-refractivity contribution is 7.85. The molecule has 20 nitrogen and oxygen atoms in total. The number of aliphatic carboxylic acids is 3. The second kappa shape index (κ2) is 14.1. The number of thiazole rings is 2. The SMILES string of the molecule is CC(C=c1s/c(=c2/s/c(=C3/OC(=S)N(CC(=O)O)C3=O)n(CC(=O)O)c2=O)n(CC(=O)O)c1=O)=C1Oc2cc3c(cc2N1CCCS(=O)(=O)O)OCO3. The molecular formula is C29H24N4O16S4. The Morgan fingerprint density at radius 1 is 0.868 bits per heavy atom. The lowest BCUT2D eigenvalue weighted by atomic mass is 10.2. The molecule has 3 aliphatic heterocycles. The van der Waals surface area contributed by atoms with Crippen LogP contribution in [0.5, 0.6) is 17.2 Å². The Labute approximate surface area is 307 Å². The number of fused-ring (bicyclic) bond motifs is 2. The number of carboxylic acid groups (broad SMARTS) is 3. The number of carboxylic acids is 3. The molecule has 6 rings (SSSR count). The van der Waals surface area contributed by atoms with Crippen molar-refractivity contribution in [2.45, 2.75) is 26.4 Å². The van der Waals surface area contributed by atoms with Crippen molar-refractivity contribution in [2.75, 3.05) is 30.5 Å². The van der Waals surface area contributed by atoms with Crippen LogP contribution in [0.25, 0.3) is 11.8 Å². The van der Waals surface area contributed by atoms with Gasteiger partial charge in [-0.05, 0) is 31.6 Å². The van der Waals surface area contributed by atoms with E-state index in [-0.39, 0.29) is 49.6 Å². The molecule has 0 radical (unpaired) electrons. The lowest BCUT2D eigenvalue weighted by Gasteiger charge is -2.19. The lowest BCUT2D eigenvalue weighted by Crippen LogP contribution is -2.35. The number of anilines is 1. The number of rotatable bonds is 11. The topological polar surface area (TPSA) is 271 Å². The van der Waals surface area contributed by atoms with Gasteiger partial charge in [0.2, 0.25) is 18.4 Å². The maximum Gasteiger partial charge on any atom is 0.323 e. The highest BCUT2D eigenvalue weighted by Gasteiger charge is 2.37. The summed E-state index contributed by atoms with van der Waals surface area (Å²) in [5.74, 6) is -5.51. The Hall–Kier alpha value is -5.56. The molecule has 53 heavy (non-hydrogen) atoms. The Kier molecular flexibility index (Phi) is 9.90. The van der Waals surface area contributed by atoms with Crippen molar-refractivity contribution in [1.29, 1.82) is 0 Å². The van der Waals surface area contributed by atoms with Crippen LogP contribution in [0, 0.1) is 9.20 Å². The Bertz CT molecular complexity index is 2640. The van der Waals surface area contributed by atoms with Gasteiger partial charge in [0, 0.05) is 24.3 Å². The highest BCUT2D eigenvalue weighted by Crippen LogP contribution is 2.48. The number of aromatic nitrogens is 2. The molecule has 5 heterocycles. The largest absolute Gasteiger partial charge is 0.480 e. The van der Waals surface area contributed by atoms with Gasteiger partial charge in [0.1, 0.15) is 33.5 Å². The molecule has 1 aromatic carbocycles. The fourth-order valence-electron chi connectivity index (χ4n) is 5.41. The molecule has 2 aromatic heterocycles. The maximum atomic E-state index is 13.8. The van der Waals surface area contributed by atoms with Crippen LogP contribution in [0.2, 0.25) is 0 Å². The number of thiocarbonyl (C=S) groups is 1. The van der Waals surface area contributed by atoms with Crippen molar-refractivity contribution in [3.8, 4) is 17.2 Å². The van der Waals surface area contributed by atoms with Gasteiger partial charge in [-0.1, -0.05) is 0 Å². The van der Waals surface area contributed by atoms with E-state index in [4.69, 9.17) is 31.2 Å². The van der Waals surface area contributed by atoms with Crippen molar-refractivity contribution in [3.05, 3.63) is 62.7 Å². The van der Waals surface area contributed by atoms with E-state index >= 15 is 0 Å². The maximum absolute atomic E-state index is 13.8. The summed E-state index contributed by atoms with van der Waals surface area (Å²) >= 11 is 6.14. The summed E-state index contributed by atoms with van der Waals surface area (Å²) in [5, 5.41) is 27.9. The summed E-state index contributed by atoms with van der Waals surface area (Å²) in [6.45, 7) is -1.30. The number of nitrogens with zero attached hydrogens (tertiary/aromatic N) is 4. The van der Waals surface area contributed by atoms with Gasteiger partial charge < -0.3 is 39.2 Å². The average Bonchev–Trinajstić information content (AvgIpc) is 3.86. The first kappa shape index (κ1) is 37.2. The fraction of sp³-hybridized carbons (Fsp3) is 0.276. The number of hydrogen-bond acceptors (Lipinski definition) is 16. The standard InChI is InChI=1S/C29H24N4O16S4/c1-12(26-30(3-2-4-53(43,44)45)13-6-15-16(47-11-46-15)7-14(13)48-26)5-17-23(40)31(8-18(34)35)28(51-17)22-25(42)32(9-19(36)37)27(52-22)21-24(41)33(10-20(38)39)29(50)49-21/h5-7H,2-4,8-11H2,1H3,(H,34,35)(H,36,37)(H,38,39)(H,43,44,45)/b17-5?,26-12?,27-21+,28-22+. The molecule has 1 saturated heterocycles. The van der Waals surface area contributed by atoms with Crippen LogP contribution in [-0.2, 0) is 47.1 Å². The molecule has 0 bridgehead atoms. The van der Waals surface area contributed by atoms with Crippen LogP contribution >= 0.6 is 34.9 Å². The van der Waals surface area contributed by atoms with Crippen LogP contribution in [0.1, 0.15) is 13.3 Å². The molecule has 1 amide bonds. The second-order valence-electron chi connectivity index (χ2n) is 11.3. The molecule has 3 aromatic rings. The van der Waals surface area contributed by atoms with E-state index in [1.807, 2.05) is 0 Å². The number of allylic oxidation sites excluding steroid dienone is 1. The second-order valence-corrected chi connectivity index (χ2v) is 15.2. The Balaban J connectivity index is 1.57. The Morgan fingerprint density at radius 3 is 2.11 bits per heavy atom. The van der Waals surface area contributed by atoms with Crippen LogP contribution < -0.4 is 39.4 Å². The number of carbonyl (C=O) groups excluding carboxylic acids is 1. The first-order valence-electron chi connectivity index (χ1n) is 14.9. The minimum absolute atomic E-state index is 0.0138. The van der Waals surface area contributed by atoms with Crippen LogP contribution in [0.4, 0.5) is 5.69 Å². The highest BCUT2D eigenvalue weighted by atomic mass is 32.2. The van der Waals surface area contributed by atoms with Gasteiger partial charge in [0.05, 0.1) is 16.0 Å². The molecule has 0 aliphatic carbocycles. The lowest BCUT2D eigenvalue weighted by molar-refractivity contribution is -0.140. The molecule has 3 aliphatic rings. The van der Waals surface area contributed by atoms with Crippen molar-refractivity contribution < 1.29 is 66.4 Å². The van der Waals surface area contributed by atoms with Crippen molar-refractivity contribution in [2.24, 2.45) is 0 Å². The van der Waals surface area contributed by atoms with E-state index in [2.05, 4.69) is 0 Å². The molecule has 280 valence electrons. The number of benzene rings is 1. The first-order chi connectivity index (χ1) is 24.9. The summed E-state index contributed by atoms with van der Waals surface area (Å²) in [6.07, 6.45) is 1.30. The quantitative estimate of drug-likeness (QED) is 0.131. The van der Waals surface area contributed by atoms with Crippen molar-refractivity contribution in [1.82, 2.24) is 14.0 Å². The molecule has 0 spiro atoms. The fourth-order valence-corrected chi connectivity index (χ4v) is 8.53. The molecular weight excluding hydrogens is 789 g/mol. The van der Waals surface area contributed by atoms with Gasteiger partial charge in [0.25, 0.3) is 26.4 Å². The number of amides is 1. The normalized spacial score (nSPS) is 18.0. The summed E-state index contributed by atoms with van der Waals surface area (Å²) in [7, 11) is -4.31. The van der Waals surface area contributed by atoms with Gasteiger partial charge in [-0.25, -0.2) is 0 Å². The smallest absolute Gasteiger partial charge is 0.323 e. The molecule has 0 atom stereocenters. The van der Waals surface area contributed by atoms with E-state index in [9.17, 15) is 57.1 Å². The van der Waals surface area contributed by atoms with Gasteiger partial charge >= 0.3 is 23.8 Å². The van der Waals surface area contributed by atoms with E-state index in [1.165, 1.54) is 6.08 Å². The third-order valence-corrected chi connectivity index (χ3v) is 11.1. The summed E-state index contributed by atoms with van der Waals surface area (Å²) in [4.78, 5) is 77.7. The van der Waals surface area contributed by atoms with Gasteiger partial charge in [-0.15, -0.1) is 22.7 Å². The van der Waals surface area contributed by atoms with Crippen molar-refractivity contribution >= 4 is 91.5 Å². The minimum atomic E-state index is -4.31. The molecule has 0 unspecified atom stereocenters. The van der Waals surface area contributed by atoms with Gasteiger partial charge in [-0.2, -0.15) is 8.42 Å². The zero-order chi connectivity index (χ0) is 38.5. The van der Waals surface area contributed by atoms with Crippen LogP contribution in [0.3, 0.4) is 0 Å². The molecule has 24 heteroatoms. The third kappa shape index (κ3) is 7.39. The predicted molar refractivity (Wildman–Crippen MR) is 185 cm³/mol. The van der Waals surface area contributed by atoms with E-state index in [0.29, 0.717) is 55.1 Å². The molecule has 1 fully saturated rings. The molecule has 0 saturated carbocycles. The van der Waals surface area contributed by atoms with E-state index < -0.39 is 81.4 Å². The number of carbonyl (C=O) groups is 4. The monoisotopic (exact) mass is 812 g/mol. The summed E-state index contributed by atoms with van der Waals surface area (Å²) in [6, 6.07) is 3.16. The zero-order valence-corrected chi connectivity index (χ0v) is 30.1. The molecule has 4 N–H and O–H groups in total. The van der Waals surface area contributed by atoms with E-state index in [1.54, 1.807) is 24.0 Å². The van der Waals surface area contributed by atoms with Crippen molar-refractivity contribution in [3.63, 3.8) is 0 Å². The minimum Gasteiger partial charge on any atom is -0.480 e. The van der Waals surface area contributed by atoms with Crippen LogP contribution in [-0.4, -0.2) is 96.9 Å². The summed E-state index contributed by atoms with van der Waals surface area (Å²) < 4.78 is 54.9. The van der Waals surface area contributed by atoms with Gasteiger partial charge in [-0.3, -0.25) is 47.4 Å². The zero-order valence-electron chi connectivity index (χ0n) is 26.8. The first-order valence-corrected chi connectivity index (χ1v) is 18.5. The number of hydrogen-bond donors (Lipinski definition) is 4. The Morgan fingerprint density at radius 2 is 1.49 bits per heavy atom. The summed E-state index contributed by atoms with van der Waals surface area (Å²) in [5.41, 5.74) is -1.16. The average molecular weight is 813 g/mol. The third-order valence-electron chi connectivity index (χ3n) is 7.57. The van der Waals surface area contributed by atoms with E-state index in [0.717, 1.165) is 4.57 Å².